The molecule has 382 valence electrons. The zero-order valence-electron chi connectivity index (χ0n) is 43.8. The number of hydrogen-bond acceptors (Lipinski definition) is 5. The molecule has 0 amide bonds. The van der Waals surface area contributed by atoms with E-state index in [0.29, 0.717) is 6.42 Å². The number of fused-ring (bicyclic) bond motifs is 15. The number of hydrogen-bond donors (Lipinski definition) is 0. The number of rotatable bonds is 8. The predicted octanol–water partition coefficient (Wildman–Crippen LogP) is 20.2. The van der Waals surface area contributed by atoms with Gasteiger partial charge in [-0.2, -0.15) is 0 Å². The van der Waals surface area contributed by atoms with E-state index in [9.17, 15) is 0 Å². The van der Waals surface area contributed by atoms with E-state index in [1.165, 1.54) is 32.6 Å². The topological polar surface area (TPSA) is 55.8 Å². The molecule has 7 nitrogen and oxygen atoms in total. The maximum absolute atomic E-state index is 6.85. The minimum atomic E-state index is -0.104. The second kappa shape index (κ2) is 17.9. The summed E-state index contributed by atoms with van der Waals surface area (Å²) in [5.74, 6) is 0.850. The highest BCUT2D eigenvalue weighted by molar-refractivity contribution is 6.17. The van der Waals surface area contributed by atoms with E-state index in [0.717, 1.165) is 117 Å². The predicted molar refractivity (Wildman–Crippen MR) is 335 cm³/mol. The van der Waals surface area contributed by atoms with Crippen molar-refractivity contribution in [2.75, 3.05) is 9.80 Å². The molecular weight excluding hydrogens is 993 g/mol. The average Bonchev–Trinajstić information content (AvgIpc) is 4.26. The minimum absolute atomic E-state index is 0.104. The van der Waals surface area contributed by atoms with Crippen LogP contribution in [-0.4, -0.2) is 15.2 Å². The van der Waals surface area contributed by atoms with Crippen LogP contribution in [0.1, 0.15) is 11.3 Å². The molecule has 1 aliphatic rings. The Morgan fingerprint density at radius 2 is 0.765 bits per heavy atom. The van der Waals surface area contributed by atoms with Gasteiger partial charge in [0.15, 0.2) is 0 Å². The van der Waals surface area contributed by atoms with Gasteiger partial charge in [0.25, 0.3) is 0 Å². The molecule has 0 N–H and O–H groups in total. The molecular formula is C74H48N4O3. The Morgan fingerprint density at radius 1 is 0.321 bits per heavy atom. The van der Waals surface area contributed by atoms with Crippen molar-refractivity contribution in [1.29, 1.82) is 0 Å². The molecule has 5 aromatic heterocycles. The van der Waals surface area contributed by atoms with E-state index < -0.39 is 0 Å². The fourth-order valence-corrected chi connectivity index (χ4v) is 12.9. The Kier molecular flexibility index (Phi) is 10.0. The molecule has 0 spiro atoms. The van der Waals surface area contributed by atoms with Crippen molar-refractivity contribution in [3.05, 3.63) is 278 Å². The number of para-hydroxylation sites is 6. The monoisotopic (exact) mass is 1040 g/mol. The quantitative estimate of drug-likeness (QED) is 0.142. The normalized spacial score (nSPS) is 14.4. The summed E-state index contributed by atoms with van der Waals surface area (Å²) in [6.07, 6.45) is 9.72. The van der Waals surface area contributed by atoms with Crippen molar-refractivity contribution >= 4 is 133 Å². The number of allylic oxidation sites excluding steroid dienone is 1. The molecule has 1 atom stereocenters. The number of furan rings is 3. The van der Waals surface area contributed by atoms with E-state index >= 15 is 0 Å². The van der Waals surface area contributed by atoms with Crippen molar-refractivity contribution in [3.63, 3.8) is 0 Å². The first-order valence-electron chi connectivity index (χ1n) is 27.6. The van der Waals surface area contributed by atoms with Crippen LogP contribution < -0.4 is 9.80 Å². The van der Waals surface area contributed by atoms with E-state index in [-0.39, 0.29) is 6.04 Å². The van der Waals surface area contributed by atoms with Crippen molar-refractivity contribution < 1.29 is 13.3 Å². The van der Waals surface area contributed by atoms with Gasteiger partial charge in [-0.3, -0.25) is 0 Å². The maximum Gasteiger partial charge on any atom is 0.137 e. The van der Waals surface area contributed by atoms with Gasteiger partial charge in [0.2, 0.25) is 0 Å². The Balaban J connectivity index is 0.734. The zero-order valence-corrected chi connectivity index (χ0v) is 43.8. The fraction of sp³-hybridized carbons (Fsp3) is 0.0270. The lowest BCUT2D eigenvalue weighted by molar-refractivity contribution is 0.599. The first-order chi connectivity index (χ1) is 40.1. The summed E-state index contributed by atoms with van der Waals surface area (Å²) >= 11 is 0. The summed E-state index contributed by atoms with van der Waals surface area (Å²) in [5.41, 5.74) is 17.4. The molecule has 7 heteroatoms. The zero-order chi connectivity index (χ0) is 53.1. The summed E-state index contributed by atoms with van der Waals surface area (Å²) < 4.78 is 25.2. The van der Waals surface area contributed by atoms with E-state index in [1.807, 2.05) is 0 Å². The summed E-state index contributed by atoms with van der Waals surface area (Å²) in [7, 11) is 0. The van der Waals surface area contributed by atoms with Crippen molar-refractivity contribution in [2.45, 2.75) is 12.5 Å². The average molecular weight is 1040 g/mol. The van der Waals surface area contributed by atoms with Crippen LogP contribution in [0.3, 0.4) is 0 Å². The van der Waals surface area contributed by atoms with Crippen LogP contribution in [0, 0.1) is 0 Å². The van der Waals surface area contributed by atoms with Crippen molar-refractivity contribution in [3.8, 4) is 11.4 Å². The summed E-state index contributed by atoms with van der Waals surface area (Å²) in [5, 5.41) is 9.92. The molecule has 81 heavy (non-hydrogen) atoms. The van der Waals surface area contributed by atoms with Crippen LogP contribution in [0.2, 0.25) is 0 Å². The van der Waals surface area contributed by atoms with Gasteiger partial charge in [0.05, 0.1) is 28.1 Å². The lowest BCUT2D eigenvalue weighted by Crippen LogP contribution is -2.28. The summed E-state index contributed by atoms with van der Waals surface area (Å²) in [4.78, 5) is 4.73. The van der Waals surface area contributed by atoms with Gasteiger partial charge >= 0.3 is 0 Å². The van der Waals surface area contributed by atoms with E-state index in [2.05, 4.69) is 292 Å². The molecule has 11 aromatic carbocycles. The Labute approximate surface area is 464 Å². The third-order valence-electron chi connectivity index (χ3n) is 16.6. The van der Waals surface area contributed by atoms with Gasteiger partial charge < -0.3 is 32.2 Å². The van der Waals surface area contributed by atoms with Gasteiger partial charge in [-0.1, -0.05) is 140 Å². The number of nitrogens with zero attached hydrogens (tertiary/aromatic N) is 4. The van der Waals surface area contributed by atoms with Crippen molar-refractivity contribution in [1.82, 2.24) is 9.13 Å². The molecule has 0 radical (unpaired) electrons. The van der Waals surface area contributed by atoms with Crippen LogP contribution >= 0.6 is 0 Å². The van der Waals surface area contributed by atoms with Gasteiger partial charge in [-0.15, -0.1) is 0 Å². The van der Waals surface area contributed by atoms with Gasteiger partial charge in [0.1, 0.15) is 33.7 Å². The first-order valence-corrected chi connectivity index (χ1v) is 27.6. The molecule has 1 aliphatic carbocycles. The Morgan fingerprint density at radius 3 is 1.37 bits per heavy atom. The third-order valence-corrected chi connectivity index (χ3v) is 16.6. The second-order valence-corrected chi connectivity index (χ2v) is 21.2. The molecule has 0 fully saturated rings. The lowest BCUT2D eigenvalue weighted by atomic mass is 10.0. The van der Waals surface area contributed by atoms with Crippen molar-refractivity contribution in [2.24, 2.45) is 0 Å². The molecule has 0 saturated carbocycles. The van der Waals surface area contributed by atoms with Crippen LogP contribution in [0.25, 0.3) is 116 Å². The number of benzene rings is 11. The van der Waals surface area contributed by atoms with Crippen LogP contribution in [0.5, 0.6) is 0 Å². The molecule has 16 aromatic rings. The highest BCUT2D eigenvalue weighted by Crippen LogP contribution is 2.45. The van der Waals surface area contributed by atoms with Gasteiger partial charge in [0, 0.05) is 99.9 Å². The van der Waals surface area contributed by atoms with Gasteiger partial charge in [-0.05, 0) is 134 Å². The Hall–Kier alpha value is -10.8. The number of aromatic nitrogens is 2. The van der Waals surface area contributed by atoms with Crippen LogP contribution in [0.15, 0.2) is 280 Å². The maximum atomic E-state index is 6.85. The molecule has 5 heterocycles. The fourth-order valence-electron chi connectivity index (χ4n) is 12.9. The second-order valence-electron chi connectivity index (χ2n) is 21.2. The first kappa shape index (κ1) is 45.3. The highest BCUT2D eigenvalue weighted by Gasteiger charge is 2.25. The third kappa shape index (κ3) is 7.15. The standard InChI is InChI=1S/C74H48N4O3/c1-5-18-47(19-6-1)75(52-32-36-57-55-27-13-15-30-65(55)77(67(57)40-52)49-22-9-3-10-23-49)51-26-17-29-59-61-43-73-63(45-71(61)79-69(59)39-35-51)64-46-72-62(44-74(64)81-73)60-38-34-54(42-70(60)80-72)76(48-20-7-2-8-21-48)53-33-37-58-56-28-14-16-31-66(56)78(68(58)41-53)50-24-11-4-12-25-50/h1-28,30-46,51H,29H2/b26-17-,39-35-. The Bertz CT molecular complexity index is 5220. The molecule has 17 rings (SSSR count). The number of anilines is 5. The van der Waals surface area contributed by atoms with E-state index in [4.69, 9.17) is 13.3 Å². The molecule has 1 unspecified atom stereocenters. The summed E-state index contributed by atoms with van der Waals surface area (Å²) in [6, 6.07) is 88.5. The van der Waals surface area contributed by atoms with Crippen LogP contribution in [0.4, 0.5) is 28.4 Å². The molecule has 0 aliphatic heterocycles. The van der Waals surface area contributed by atoms with Crippen LogP contribution in [-0.2, 0) is 6.42 Å². The molecule has 0 bridgehead atoms. The smallest absolute Gasteiger partial charge is 0.137 e. The largest absolute Gasteiger partial charge is 0.456 e. The summed E-state index contributed by atoms with van der Waals surface area (Å²) in [6.45, 7) is 0. The highest BCUT2D eigenvalue weighted by atomic mass is 16.3. The van der Waals surface area contributed by atoms with Gasteiger partial charge in [-0.25, -0.2) is 0 Å². The van der Waals surface area contributed by atoms with E-state index in [1.54, 1.807) is 0 Å². The lowest BCUT2D eigenvalue weighted by Gasteiger charge is -2.31. The molecule has 0 saturated heterocycles. The minimum Gasteiger partial charge on any atom is -0.456 e. The SMILES string of the molecule is C1=C\C(N(c2ccccc2)c2ccc3c4ccccc4n(-c4ccccc4)c3c2)/C=C\c2oc3cc4c(cc3c2C/1)oc1cc2c(cc14)oc1cc(N(c3ccccc3)c3ccc4c5ccccc5n(-c5ccccc5)c4c3)ccc12.